The Morgan fingerprint density at radius 2 is 1.82 bits per heavy atom. The van der Waals surface area contributed by atoms with Crippen molar-refractivity contribution in [3.63, 3.8) is 0 Å². The zero-order valence-corrected chi connectivity index (χ0v) is 12.4. The molecule has 0 bridgehead atoms. The molecule has 0 aromatic heterocycles. The molecule has 0 N–H and O–H groups in total. The van der Waals surface area contributed by atoms with Gasteiger partial charge >= 0.3 is 0 Å². The lowest BCUT2D eigenvalue weighted by Crippen LogP contribution is -2.28. The van der Waals surface area contributed by atoms with Gasteiger partial charge in [-0.15, -0.1) is 0 Å². The molecule has 0 atom stereocenters. The maximum absolute atomic E-state index is 11.4. The van der Waals surface area contributed by atoms with Crippen molar-refractivity contribution in [1.29, 1.82) is 0 Å². The molecule has 0 radical (unpaired) electrons. The topological polar surface area (TPSA) is 37.4 Å². The van der Waals surface area contributed by atoms with Crippen LogP contribution in [0, 0.1) is 0 Å². The summed E-state index contributed by atoms with van der Waals surface area (Å²) in [7, 11) is -1.47. The molecule has 0 fully saturated rings. The number of hydrogen-bond donors (Lipinski definition) is 0. The van der Waals surface area contributed by atoms with Crippen LogP contribution in [-0.2, 0) is 16.4 Å². The van der Waals surface area contributed by atoms with Gasteiger partial charge in [-0.3, -0.25) is 0 Å². The Kier molecular flexibility index (Phi) is 6.16. The fourth-order valence-electron chi connectivity index (χ4n) is 1.53. The average Bonchev–Trinajstić information content (AvgIpc) is 2.35. The number of alkyl halides is 1. The van der Waals surface area contributed by atoms with Crippen LogP contribution in [0.2, 0.25) is 0 Å². The van der Waals surface area contributed by atoms with Crippen LogP contribution in [0.15, 0.2) is 30.3 Å². The third kappa shape index (κ3) is 5.19. The summed E-state index contributed by atoms with van der Waals surface area (Å²) in [6.45, 7) is 0.584. The van der Waals surface area contributed by atoms with Crippen LogP contribution in [0.3, 0.4) is 0 Å². The molecule has 0 saturated carbocycles. The molecule has 1 rings (SSSR count). The van der Waals surface area contributed by atoms with Gasteiger partial charge in [-0.1, -0.05) is 46.3 Å². The van der Waals surface area contributed by atoms with Crippen molar-refractivity contribution in [2.75, 3.05) is 18.3 Å². The van der Waals surface area contributed by atoms with Crippen LogP contribution < -0.4 is 0 Å². The van der Waals surface area contributed by atoms with E-state index in [-0.39, 0.29) is 4.66 Å². The highest BCUT2D eigenvalue weighted by Gasteiger charge is 2.14. The largest absolute Gasteiger partial charge is 0.223 e. The second-order valence-electron chi connectivity index (χ2n) is 3.99. The van der Waals surface area contributed by atoms with E-state index in [2.05, 4.69) is 28.1 Å². The van der Waals surface area contributed by atoms with E-state index in [1.807, 2.05) is 18.2 Å². The Morgan fingerprint density at radius 1 is 1.18 bits per heavy atom. The SMILES string of the molecule is CN(CCCCc1ccccc1)S(=O)(=O)CBr. The number of rotatable bonds is 7. The summed E-state index contributed by atoms with van der Waals surface area (Å²) in [5.41, 5.74) is 1.30. The van der Waals surface area contributed by atoms with Gasteiger partial charge in [-0.2, -0.15) is 0 Å². The quantitative estimate of drug-likeness (QED) is 0.572. The van der Waals surface area contributed by atoms with Crippen molar-refractivity contribution in [3.8, 4) is 0 Å². The van der Waals surface area contributed by atoms with Gasteiger partial charge in [0.25, 0.3) is 0 Å². The molecule has 0 amide bonds. The lowest BCUT2D eigenvalue weighted by molar-refractivity contribution is 0.459. The molecule has 96 valence electrons. The van der Waals surface area contributed by atoms with Crippen molar-refractivity contribution in [2.24, 2.45) is 0 Å². The molecule has 0 aliphatic heterocycles. The maximum Gasteiger partial charge on any atom is 0.223 e. The molecule has 3 nitrogen and oxygen atoms in total. The van der Waals surface area contributed by atoms with Gasteiger partial charge in [0.15, 0.2) is 0 Å². The van der Waals surface area contributed by atoms with Crippen LogP contribution in [-0.4, -0.2) is 31.0 Å². The van der Waals surface area contributed by atoms with E-state index in [0.717, 1.165) is 19.3 Å². The van der Waals surface area contributed by atoms with Crippen LogP contribution in [0.4, 0.5) is 0 Å². The van der Waals surface area contributed by atoms with E-state index in [1.54, 1.807) is 7.05 Å². The number of halogens is 1. The van der Waals surface area contributed by atoms with Gasteiger partial charge < -0.3 is 0 Å². The monoisotopic (exact) mass is 319 g/mol. The Morgan fingerprint density at radius 3 is 2.41 bits per heavy atom. The van der Waals surface area contributed by atoms with Gasteiger partial charge in [0, 0.05) is 13.6 Å². The highest BCUT2D eigenvalue weighted by Crippen LogP contribution is 2.07. The zero-order chi connectivity index (χ0) is 12.7. The number of hydrogen-bond acceptors (Lipinski definition) is 2. The molecular weight excluding hydrogens is 302 g/mol. The molecule has 5 heteroatoms. The molecule has 0 unspecified atom stereocenters. The predicted octanol–water partition coefficient (Wildman–Crippen LogP) is 2.62. The van der Waals surface area contributed by atoms with Crippen LogP contribution in [0.5, 0.6) is 0 Å². The predicted molar refractivity (Wildman–Crippen MR) is 74.7 cm³/mol. The van der Waals surface area contributed by atoms with Crippen molar-refractivity contribution in [3.05, 3.63) is 35.9 Å². The minimum absolute atomic E-state index is 0.00478. The molecule has 1 aromatic carbocycles. The minimum atomic E-state index is -3.09. The first-order valence-corrected chi connectivity index (χ1v) is 8.33. The summed E-state index contributed by atoms with van der Waals surface area (Å²) in [6, 6.07) is 10.2. The van der Waals surface area contributed by atoms with E-state index < -0.39 is 10.0 Å². The third-order valence-corrected chi connectivity index (χ3v) is 5.79. The number of aryl methyl sites for hydroxylation is 1. The van der Waals surface area contributed by atoms with Gasteiger partial charge in [0.05, 0.1) is 0 Å². The zero-order valence-electron chi connectivity index (χ0n) is 9.97. The lowest BCUT2D eigenvalue weighted by atomic mass is 10.1. The summed E-state index contributed by atoms with van der Waals surface area (Å²) in [6.07, 6.45) is 2.90. The van der Waals surface area contributed by atoms with Crippen LogP contribution >= 0.6 is 15.9 Å². The van der Waals surface area contributed by atoms with Gasteiger partial charge in [-0.25, -0.2) is 12.7 Å². The minimum Gasteiger partial charge on any atom is -0.211 e. The van der Waals surface area contributed by atoms with Crippen molar-refractivity contribution < 1.29 is 8.42 Å². The maximum atomic E-state index is 11.4. The molecule has 17 heavy (non-hydrogen) atoms. The molecule has 0 heterocycles. The molecule has 1 aromatic rings. The normalized spacial score (nSPS) is 11.9. The second kappa shape index (κ2) is 7.13. The molecule has 0 aliphatic rings. The Hall–Kier alpha value is -0.390. The summed E-state index contributed by atoms with van der Waals surface area (Å²) >= 11 is 2.99. The fraction of sp³-hybridized carbons (Fsp3) is 0.500. The number of benzene rings is 1. The van der Waals surface area contributed by atoms with Gasteiger partial charge in [-0.05, 0) is 24.8 Å². The first-order valence-electron chi connectivity index (χ1n) is 5.60. The number of nitrogens with zero attached hydrogens (tertiary/aromatic N) is 1. The average molecular weight is 320 g/mol. The van der Waals surface area contributed by atoms with E-state index in [9.17, 15) is 8.42 Å². The summed E-state index contributed by atoms with van der Waals surface area (Å²) in [5.74, 6) is 0. The molecule has 0 aliphatic carbocycles. The van der Waals surface area contributed by atoms with Crippen molar-refractivity contribution in [2.45, 2.75) is 19.3 Å². The smallest absolute Gasteiger partial charge is 0.211 e. The second-order valence-corrected chi connectivity index (χ2v) is 7.36. The molecular formula is C12H18BrNO2S. The van der Waals surface area contributed by atoms with E-state index in [0.29, 0.717) is 6.54 Å². The van der Waals surface area contributed by atoms with Crippen molar-refractivity contribution in [1.82, 2.24) is 4.31 Å². The first-order chi connectivity index (χ1) is 8.06. The first kappa shape index (κ1) is 14.7. The van der Waals surface area contributed by atoms with Crippen LogP contribution in [0.25, 0.3) is 0 Å². The summed E-state index contributed by atoms with van der Waals surface area (Å²) in [4.78, 5) is 0. The highest BCUT2D eigenvalue weighted by atomic mass is 79.9. The fourth-order valence-corrected chi connectivity index (χ4v) is 3.15. The van der Waals surface area contributed by atoms with Gasteiger partial charge in [0.2, 0.25) is 10.0 Å². The Balaban J connectivity index is 2.25. The molecule has 0 spiro atoms. The summed E-state index contributed by atoms with van der Waals surface area (Å²) in [5, 5.41) is 0. The molecule has 0 saturated heterocycles. The van der Waals surface area contributed by atoms with E-state index in [4.69, 9.17) is 0 Å². The van der Waals surface area contributed by atoms with E-state index >= 15 is 0 Å². The van der Waals surface area contributed by atoms with Gasteiger partial charge in [0.1, 0.15) is 4.66 Å². The Bertz CT molecular complexity index is 419. The third-order valence-electron chi connectivity index (χ3n) is 2.64. The standard InChI is InChI=1S/C12H18BrNO2S/c1-14(17(15,16)11-13)10-6-5-9-12-7-3-2-4-8-12/h2-4,7-8H,5-6,9-11H2,1H3. The lowest BCUT2D eigenvalue weighted by Gasteiger charge is -2.14. The summed E-state index contributed by atoms with van der Waals surface area (Å²) < 4.78 is 24.3. The van der Waals surface area contributed by atoms with Crippen LogP contribution in [0.1, 0.15) is 18.4 Å². The number of sulfonamides is 1. The number of unbranched alkanes of at least 4 members (excludes halogenated alkanes) is 1. The highest BCUT2D eigenvalue weighted by molar-refractivity contribution is 9.10. The van der Waals surface area contributed by atoms with E-state index in [1.165, 1.54) is 9.87 Å². The Labute approximate surface area is 112 Å². The van der Waals surface area contributed by atoms with Crippen molar-refractivity contribution >= 4 is 26.0 Å².